The van der Waals surface area contributed by atoms with Crippen LogP contribution in [0.25, 0.3) is 16.8 Å². The lowest BCUT2D eigenvalue weighted by Crippen LogP contribution is -2.51. The summed E-state index contributed by atoms with van der Waals surface area (Å²) in [5.41, 5.74) is 1.65. The fraction of sp³-hybridized carbons (Fsp3) is 0.333. The van der Waals surface area contributed by atoms with Gasteiger partial charge in [-0.05, 0) is 6.42 Å². The van der Waals surface area contributed by atoms with Crippen LogP contribution in [0.15, 0.2) is 42.6 Å². The molecular weight excluding hydrogens is 385 g/mol. The predicted molar refractivity (Wildman–Crippen MR) is 103 cm³/mol. The summed E-state index contributed by atoms with van der Waals surface area (Å²) in [6, 6.07) is 10.3. The van der Waals surface area contributed by atoms with Gasteiger partial charge in [-0.2, -0.15) is 4.31 Å². The van der Waals surface area contributed by atoms with Crippen LogP contribution >= 0.6 is 0 Å². The standard InChI is InChI=1S/C18H20FN5O3S/c1-28(26,27)23-8-7-14(17(25)11-23)21-18-20-10-16-13(19)9-15(24(16)22-18)12-5-3-2-4-6-12/h2-6,9-10,14,17,25H,7-8,11H2,1H3,(H,21,22)/t14-,17-/m1/s1. The van der Waals surface area contributed by atoms with Crippen LogP contribution in [0.3, 0.4) is 0 Å². The molecule has 0 aliphatic carbocycles. The Balaban J connectivity index is 1.60. The molecule has 148 valence electrons. The van der Waals surface area contributed by atoms with E-state index in [1.807, 2.05) is 30.3 Å². The Hall–Kier alpha value is -2.56. The van der Waals surface area contributed by atoms with Crippen LogP contribution < -0.4 is 5.32 Å². The van der Waals surface area contributed by atoms with Crippen molar-refractivity contribution in [2.24, 2.45) is 0 Å². The maximum atomic E-state index is 14.3. The number of hydrogen-bond donors (Lipinski definition) is 2. The Kier molecular flexibility index (Phi) is 4.77. The lowest BCUT2D eigenvalue weighted by atomic mass is 10.0. The predicted octanol–water partition coefficient (Wildman–Crippen LogP) is 1.34. The molecule has 1 fully saturated rings. The van der Waals surface area contributed by atoms with Crippen molar-refractivity contribution < 1.29 is 17.9 Å². The van der Waals surface area contributed by atoms with Gasteiger partial charge in [-0.3, -0.25) is 0 Å². The monoisotopic (exact) mass is 405 g/mol. The molecule has 0 saturated carbocycles. The van der Waals surface area contributed by atoms with Crippen molar-refractivity contribution in [3.05, 3.63) is 48.4 Å². The van der Waals surface area contributed by atoms with Gasteiger partial charge in [0.05, 0.1) is 30.3 Å². The van der Waals surface area contributed by atoms with E-state index < -0.39 is 28.0 Å². The summed E-state index contributed by atoms with van der Waals surface area (Å²) in [5.74, 6) is -0.191. The zero-order valence-electron chi connectivity index (χ0n) is 15.2. The van der Waals surface area contributed by atoms with Crippen LogP contribution in [-0.4, -0.2) is 63.9 Å². The number of β-amino-alcohol motifs (C(OH)–C–C–N with tert-alkyl or cyclic N) is 1. The first-order chi connectivity index (χ1) is 13.3. The van der Waals surface area contributed by atoms with Gasteiger partial charge in [-0.1, -0.05) is 30.3 Å². The number of aliphatic hydroxyl groups excluding tert-OH is 1. The Morgan fingerprint density at radius 3 is 2.71 bits per heavy atom. The Morgan fingerprint density at radius 2 is 2.04 bits per heavy atom. The van der Waals surface area contributed by atoms with Gasteiger partial charge in [0.15, 0.2) is 5.82 Å². The SMILES string of the molecule is CS(=O)(=O)N1CC[C@@H](Nc2ncc3c(F)cc(-c4ccccc4)n3n2)[C@H](O)C1. The summed E-state index contributed by atoms with van der Waals surface area (Å²) in [6.07, 6.45) is 2.00. The number of anilines is 1. The number of rotatable bonds is 4. The molecular formula is C18H20FN5O3S. The summed E-state index contributed by atoms with van der Waals surface area (Å²) in [6.45, 7) is 0.301. The summed E-state index contributed by atoms with van der Waals surface area (Å²) in [4.78, 5) is 4.15. The zero-order valence-corrected chi connectivity index (χ0v) is 16.0. The van der Waals surface area contributed by atoms with Crippen molar-refractivity contribution >= 4 is 21.5 Å². The van der Waals surface area contributed by atoms with Crippen molar-refractivity contribution in [3.63, 3.8) is 0 Å². The third-order valence-corrected chi connectivity index (χ3v) is 6.14. The fourth-order valence-corrected chi connectivity index (χ4v) is 4.23. The largest absolute Gasteiger partial charge is 0.390 e. The van der Waals surface area contributed by atoms with Gasteiger partial charge < -0.3 is 10.4 Å². The van der Waals surface area contributed by atoms with Crippen molar-refractivity contribution in [3.8, 4) is 11.3 Å². The van der Waals surface area contributed by atoms with Gasteiger partial charge in [0.1, 0.15) is 5.52 Å². The molecule has 4 rings (SSSR count). The molecule has 2 N–H and O–H groups in total. The smallest absolute Gasteiger partial charge is 0.241 e. The number of hydrogen-bond acceptors (Lipinski definition) is 6. The topological polar surface area (TPSA) is 99.8 Å². The minimum Gasteiger partial charge on any atom is -0.390 e. The summed E-state index contributed by atoms with van der Waals surface area (Å²) < 4.78 is 40.3. The van der Waals surface area contributed by atoms with Crippen LogP contribution in [0.5, 0.6) is 0 Å². The van der Waals surface area contributed by atoms with E-state index in [9.17, 15) is 17.9 Å². The Bertz CT molecular complexity index is 1100. The molecule has 2 aromatic heterocycles. The summed E-state index contributed by atoms with van der Waals surface area (Å²) >= 11 is 0. The van der Waals surface area contributed by atoms with E-state index >= 15 is 0 Å². The highest BCUT2D eigenvalue weighted by atomic mass is 32.2. The van der Waals surface area contributed by atoms with Crippen LogP contribution in [0.1, 0.15) is 6.42 Å². The van der Waals surface area contributed by atoms with Crippen LogP contribution in [0.2, 0.25) is 0 Å². The highest BCUT2D eigenvalue weighted by Gasteiger charge is 2.32. The van der Waals surface area contributed by atoms with E-state index in [0.717, 1.165) is 11.8 Å². The van der Waals surface area contributed by atoms with Crippen LogP contribution in [0.4, 0.5) is 10.3 Å². The maximum Gasteiger partial charge on any atom is 0.241 e. The maximum absolute atomic E-state index is 14.3. The number of aromatic nitrogens is 3. The van der Waals surface area contributed by atoms with Crippen LogP contribution in [-0.2, 0) is 10.0 Å². The molecule has 1 aliphatic rings. The molecule has 1 aliphatic heterocycles. The first-order valence-corrected chi connectivity index (χ1v) is 10.7. The highest BCUT2D eigenvalue weighted by molar-refractivity contribution is 7.88. The zero-order chi connectivity index (χ0) is 19.9. The molecule has 28 heavy (non-hydrogen) atoms. The van der Waals surface area contributed by atoms with Gasteiger partial charge in [0.2, 0.25) is 16.0 Å². The van der Waals surface area contributed by atoms with E-state index in [1.54, 1.807) is 0 Å². The first-order valence-electron chi connectivity index (χ1n) is 8.82. The number of aliphatic hydroxyl groups is 1. The van der Waals surface area contributed by atoms with Gasteiger partial charge in [0, 0.05) is 24.7 Å². The summed E-state index contributed by atoms with van der Waals surface area (Å²) in [7, 11) is -3.35. The van der Waals surface area contributed by atoms with E-state index in [2.05, 4.69) is 15.4 Å². The fourth-order valence-electron chi connectivity index (χ4n) is 3.37. The van der Waals surface area contributed by atoms with Crippen LogP contribution in [0, 0.1) is 5.82 Å². The van der Waals surface area contributed by atoms with Crippen molar-refractivity contribution in [1.82, 2.24) is 18.9 Å². The van der Waals surface area contributed by atoms with Crippen molar-refractivity contribution in [2.45, 2.75) is 18.6 Å². The van der Waals surface area contributed by atoms with E-state index in [1.165, 1.54) is 21.1 Å². The molecule has 10 heteroatoms. The second kappa shape index (κ2) is 7.12. The number of benzene rings is 1. The molecule has 0 radical (unpaired) electrons. The molecule has 0 spiro atoms. The third-order valence-electron chi connectivity index (χ3n) is 4.87. The minimum absolute atomic E-state index is 0.00611. The normalized spacial score (nSPS) is 21.1. The molecule has 8 nitrogen and oxygen atoms in total. The molecule has 2 atom stereocenters. The van der Waals surface area contributed by atoms with Gasteiger partial charge in [0.25, 0.3) is 0 Å². The second-order valence-electron chi connectivity index (χ2n) is 6.85. The molecule has 1 saturated heterocycles. The Labute approximate surface area is 161 Å². The molecule has 3 aromatic rings. The lowest BCUT2D eigenvalue weighted by Gasteiger charge is -2.34. The lowest BCUT2D eigenvalue weighted by molar-refractivity contribution is 0.0950. The molecule has 0 unspecified atom stereocenters. The molecule has 0 bridgehead atoms. The molecule has 3 heterocycles. The number of piperidine rings is 1. The number of nitrogens with zero attached hydrogens (tertiary/aromatic N) is 4. The quantitative estimate of drug-likeness (QED) is 0.680. The van der Waals surface area contributed by atoms with E-state index in [4.69, 9.17) is 0 Å². The number of sulfonamides is 1. The summed E-state index contributed by atoms with van der Waals surface area (Å²) in [5, 5.41) is 17.7. The first kappa shape index (κ1) is 18.8. The van der Waals surface area contributed by atoms with Crippen molar-refractivity contribution in [1.29, 1.82) is 0 Å². The van der Waals surface area contributed by atoms with Gasteiger partial charge in [-0.15, -0.1) is 5.10 Å². The minimum atomic E-state index is -3.35. The van der Waals surface area contributed by atoms with Crippen molar-refractivity contribution in [2.75, 3.05) is 24.7 Å². The average Bonchev–Trinajstić information content (AvgIpc) is 2.99. The number of halogens is 1. The van der Waals surface area contributed by atoms with E-state index in [-0.39, 0.29) is 18.0 Å². The van der Waals surface area contributed by atoms with Gasteiger partial charge in [-0.25, -0.2) is 22.3 Å². The number of nitrogens with one attached hydrogen (secondary N) is 1. The van der Waals surface area contributed by atoms with E-state index in [0.29, 0.717) is 18.7 Å². The molecule has 0 amide bonds. The third kappa shape index (κ3) is 3.58. The average molecular weight is 405 g/mol. The number of fused-ring (bicyclic) bond motifs is 1. The Morgan fingerprint density at radius 1 is 1.29 bits per heavy atom. The second-order valence-corrected chi connectivity index (χ2v) is 8.83. The van der Waals surface area contributed by atoms with Gasteiger partial charge >= 0.3 is 0 Å². The molecule has 1 aromatic carbocycles. The highest BCUT2D eigenvalue weighted by Crippen LogP contribution is 2.25.